The zero-order valence-corrected chi connectivity index (χ0v) is 17.4. The topological polar surface area (TPSA) is 99.6 Å². The number of nitrogens with zero attached hydrogens (tertiary/aromatic N) is 2. The van der Waals surface area contributed by atoms with Gasteiger partial charge in [-0.3, -0.25) is 4.72 Å². The molecule has 0 amide bonds. The molecule has 0 unspecified atom stereocenters. The van der Waals surface area contributed by atoms with Crippen LogP contribution in [0.4, 0.5) is 5.69 Å². The minimum Gasteiger partial charge on any atom is -0.490 e. The minimum absolute atomic E-state index is 0.0650. The van der Waals surface area contributed by atoms with Gasteiger partial charge in [0.25, 0.3) is 10.0 Å². The molecule has 0 radical (unpaired) electrons. The zero-order chi connectivity index (χ0) is 21.1. The first kappa shape index (κ1) is 20.0. The SMILES string of the molecule is Cc1nc(Oc2ccccc2)nc(C)c1NS(=O)(=O)c1ccc2c(c1)OCCCO2. The molecule has 9 heteroatoms. The lowest BCUT2D eigenvalue weighted by Crippen LogP contribution is -2.16. The standard InChI is InChI=1S/C21H21N3O5S/c1-14-20(15(2)23-21(22-14)29-16-7-4-3-5-8-16)24-30(25,26)17-9-10-18-19(13-17)28-12-6-11-27-18/h3-5,7-10,13,24H,6,11-12H2,1-2H3. The summed E-state index contributed by atoms with van der Waals surface area (Å²) in [6.07, 6.45) is 0.738. The van der Waals surface area contributed by atoms with Gasteiger partial charge in [-0.25, -0.2) is 8.42 Å². The Kier molecular flexibility index (Phi) is 5.45. The van der Waals surface area contributed by atoms with Gasteiger partial charge in [0.2, 0.25) is 0 Å². The molecule has 0 saturated carbocycles. The van der Waals surface area contributed by atoms with E-state index in [1.807, 2.05) is 18.2 Å². The number of fused-ring (bicyclic) bond motifs is 1. The van der Waals surface area contributed by atoms with Crippen molar-refractivity contribution in [2.45, 2.75) is 25.2 Å². The second kappa shape index (κ2) is 8.19. The van der Waals surface area contributed by atoms with Crippen LogP contribution < -0.4 is 18.9 Å². The fourth-order valence-electron chi connectivity index (χ4n) is 2.98. The lowest BCUT2D eigenvalue weighted by Gasteiger charge is -2.15. The number of hydrogen-bond donors (Lipinski definition) is 1. The van der Waals surface area contributed by atoms with Crippen LogP contribution in [-0.2, 0) is 10.0 Å². The second-order valence-corrected chi connectivity index (χ2v) is 8.41. The van der Waals surface area contributed by atoms with E-state index in [4.69, 9.17) is 14.2 Å². The van der Waals surface area contributed by atoms with E-state index >= 15 is 0 Å². The summed E-state index contributed by atoms with van der Waals surface area (Å²) >= 11 is 0. The van der Waals surface area contributed by atoms with Crippen molar-refractivity contribution in [3.8, 4) is 23.3 Å². The number of benzene rings is 2. The molecule has 1 N–H and O–H groups in total. The Morgan fingerprint density at radius 2 is 1.60 bits per heavy atom. The van der Waals surface area contributed by atoms with Gasteiger partial charge < -0.3 is 14.2 Å². The summed E-state index contributed by atoms with van der Waals surface area (Å²) in [6, 6.07) is 13.8. The highest BCUT2D eigenvalue weighted by Gasteiger charge is 2.22. The predicted molar refractivity (Wildman–Crippen MR) is 111 cm³/mol. The number of anilines is 1. The number of ether oxygens (including phenoxy) is 3. The maximum Gasteiger partial charge on any atom is 0.322 e. The molecule has 4 rings (SSSR count). The van der Waals surface area contributed by atoms with E-state index in [0.717, 1.165) is 6.42 Å². The number of rotatable bonds is 5. The van der Waals surface area contributed by atoms with E-state index in [0.29, 0.717) is 47.5 Å². The first-order valence-corrected chi connectivity index (χ1v) is 10.9. The maximum atomic E-state index is 13.0. The van der Waals surface area contributed by atoms with Crippen molar-refractivity contribution in [3.63, 3.8) is 0 Å². The van der Waals surface area contributed by atoms with Gasteiger partial charge in [-0.1, -0.05) is 18.2 Å². The Balaban J connectivity index is 1.59. The van der Waals surface area contributed by atoms with Gasteiger partial charge in [0, 0.05) is 12.5 Å². The number of nitrogens with one attached hydrogen (secondary N) is 1. The van der Waals surface area contributed by atoms with Crippen LogP contribution in [0.2, 0.25) is 0 Å². The Hall–Kier alpha value is -3.33. The first-order valence-electron chi connectivity index (χ1n) is 9.43. The molecule has 1 aliphatic heterocycles. The number of sulfonamides is 1. The van der Waals surface area contributed by atoms with Gasteiger partial charge in [0.1, 0.15) is 5.75 Å². The van der Waals surface area contributed by atoms with Gasteiger partial charge >= 0.3 is 6.01 Å². The molecule has 1 aromatic heterocycles. The summed E-state index contributed by atoms with van der Waals surface area (Å²) < 4.78 is 45.3. The molecule has 1 aliphatic rings. The summed E-state index contributed by atoms with van der Waals surface area (Å²) in [5.41, 5.74) is 1.21. The van der Waals surface area contributed by atoms with Crippen molar-refractivity contribution < 1.29 is 22.6 Å². The van der Waals surface area contributed by atoms with Gasteiger partial charge in [-0.05, 0) is 38.1 Å². The normalized spacial score (nSPS) is 13.4. The number of para-hydroxylation sites is 1. The quantitative estimate of drug-likeness (QED) is 0.660. The molecule has 0 spiro atoms. The van der Waals surface area contributed by atoms with Crippen molar-refractivity contribution in [2.24, 2.45) is 0 Å². The largest absolute Gasteiger partial charge is 0.490 e. The van der Waals surface area contributed by atoms with Gasteiger partial charge in [0.05, 0.1) is 35.2 Å². The zero-order valence-electron chi connectivity index (χ0n) is 16.6. The third-order valence-electron chi connectivity index (χ3n) is 4.47. The highest BCUT2D eigenvalue weighted by Crippen LogP contribution is 2.33. The Labute approximate surface area is 174 Å². The lowest BCUT2D eigenvalue weighted by molar-refractivity contribution is 0.297. The van der Waals surface area contributed by atoms with Gasteiger partial charge in [0.15, 0.2) is 11.5 Å². The number of hydrogen-bond acceptors (Lipinski definition) is 7. The molecule has 0 bridgehead atoms. The lowest BCUT2D eigenvalue weighted by atomic mass is 10.3. The fraction of sp³-hybridized carbons (Fsp3) is 0.238. The molecular formula is C21H21N3O5S. The number of aryl methyl sites for hydroxylation is 2. The molecule has 0 atom stereocenters. The van der Waals surface area contributed by atoms with Crippen LogP contribution >= 0.6 is 0 Å². The average molecular weight is 427 g/mol. The van der Waals surface area contributed by atoms with Crippen LogP contribution in [0.3, 0.4) is 0 Å². The summed E-state index contributed by atoms with van der Waals surface area (Å²) in [5.74, 6) is 1.54. The van der Waals surface area contributed by atoms with Gasteiger partial charge in [-0.15, -0.1) is 0 Å². The molecular weight excluding hydrogens is 406 g/mol. The van der Waals surface area contributed by atoms with Crippen molar-refractivity contribution in [2.75, 3.05) is 17.9 Å². The molecule has 156 valence electrons. The Morgan fingerprint density at radius 1 is 0.933 bits per heavy atom. The van der Waals surface area contributed by atoms with Crippen LogP contribution in [0, 0.1) is 13.8 Å². The van der Waals surface area contributed by atoms with Gasteiger partial charge in [-0.2, -0.15) is 9.97 Å². The van der Waals surface area contributed by atoms with Crippen LogP contribution in [0.5, 0.6) is 23.3 Å². The Bertz CT molecular complexity index is 1140. The van der Waals surface area contributed by atoms with Crippen LogP contribution in [-0.4, -0.2) is 31.6 Å². The maximum absolute atomic E-state index is 13.0. The van der Waals surface area contributed by atoms with E-state index in [1.54, 1.807) is 32.0 Å². The summed E-state index contributed by atoms with van der Waals surface area (Å²) in [7, 11) is -3.88. The number of aromatic nitrogens is 2. The van der Waals surface area contributed by atoms with Crippen LogP contribution in [0.1, 0.15) is 17.8 Å². The first-order chi connectivity index (χ1) is 14.4. The molecule has 3 aromatic rings. The highest BCUT2D eigenvalue weighted by atomic mass is 32.2. The van der Waals surface area contributed by atoms with E-state index in [9.17, 15) is 8.42 Å². The molecule has 2 aromatic carbocycles. The highest BCUT2D eigenvalue weighted by molar-refractivity contribution is 7.92. The predicted octanol–water partition coefficient (Wildman–Crippen LogP) is 3.85. The second-order valence-electron chi connectivity index (χ2n) is 6.73. The van der Waals surface area contributed by atoms with Crippen molar-refractivity contribution in [1.29, 1.82) is 0 Å². The van der Waals surface area contributed by atoms with Crippen LogP contribution in [0.15, 0.2) is 53.4 Å². The molecule has 0 aliphatic carbocycles. The summed E-state index contributed by atoms with van der Waals surface area (Å²) in [4.78, 5) is 8.63. The van der Waals surface area contributed by atoms with E-state index in [-0.39, 0.29) is 10.9 Å². The molecule has 0 saturated heterocycles. The Morgan fingerprint density at radius 3 is 2.30 bits per heavy atom. The third-order valence-corrected chi connectivity index (χ3v) is 5.82. The minimum atomic E-state index is -3.88. The molecule has 8 nitrogen and oxygen atoms in total. The van der Waals surface area contributed by atoms with Crippen LogP contribution in [0.25, 0.3) is 0 Å². The summed E-state index contributed by atoms with van der Waals surface area (Å²) in [5, 5.41) is 0. The van der Waals surface area contributed by atoms with E-state index in [2.05, 4.69) is 14.7 Å². The van der Waals surface area contributed by atoms with Crippen molar-refractivity contribution in [1.82, 2.24) is 9.97 Å². The molecule has 30 heavy (non-hydrogen) atoms. The monoisotopic (exact) mass is 427 g/mol. The van der Waals surface area contributed by atoms with Crippen molar-refractivity contribution >= 4 is 15.7 Å². The average Bonchev–Trinajstić information content (AvgIpc) is 2.96. The van der Waals surface area contributed by atoms with E-state index < -0.39 is 10.0 Å². The third kappa shape index (κ3) is 4.30. The fourth-order valence-corrected chi connectivity index (χ4v) is 4.17. The summed E-state index contributed by atoms with van der Waals surface area (Å²) in [6.45, 7) is 4.39. The van der Waals surface area contributed by atoms with Crippen molar-refractivity contribution in [3.05, 3.63) is 59.9 Å². The molecule has 0 fully saturated rings. The smallest absolute Gasteiger partial charge is 0.322 e. The van der Waals surface area contributed by atoms with E-state index in [1.165, 1.54) is 12.1 Å². The molecule has 2 heterocycles.